The van der Waals surface area contributed by atoms with Gasteiger partial charge >= 0.3 is 0 Å². The zero-order valence-corrected chi connectivity index (χ0v) is 12.3. The maximum Gasteiger partial charge on any atom is 0.0466 e. The fraction of sp³-hybridized carbons (Fsp3) is 0.0667. The van der Waals surface area contributed by atoms with E-state index in [1.165, 1.54) is 26.3 Å². The highest BCUT2D eigenvalue weighted by molar-refractivity contribution is 9.10. The van der Waals surface area contributed by atoms with Crippen LogP contribution in [0.1, 0.15) is 5.56 Å². The summed E-state index contributed by atoms with van der Waals surface area (Å²) >= 11 is 5.31. The van der Waals surface area contributed by atoms with Crippen LogP contribution < -0.4 is 0 Å². The molecule has 3 heteroatoms. The summed E-state index contributed by atoms with van der Waals surface area (Å²) in [5.74, 6) is 0. The summed E-state index contributed by atoms with van der Waals surface area (Å²) in [6.07, 6.45) is 2.07. The van der Waals surface area contributed by atoms with Crippen LogP contribution in [-0.4, -0.2) is 4.98 Å². The van der Waals surface area contributed by atoms with E-state index in [9.17, 15) is 0 Å². The second-order valence-corrected chi connectivity index (χ2v) is 6.29. The smallest absolute Gasteiger partial charge is 0.0466 e. The Morgan fingerprint density at radius 3 is 2.61 bits per heavy atom. The fourth-order valence-electron chi connectivity index (χ4n) is 1.88. The third-order valence-corrected chi connectivity index (χ3v) is 4.41. The second-order valence-electron chi connectivity index (χ2n) is 4.26. The Bertz CT molecular complexity index is 685. The molecule has 1 nitrogen and oxygen atoms in total. The molecule has 0 aliphatic carbocycles. The van der Waals surface area contributed by atoms with E-state index < -0.39 is 0 Å². The minimum Gasteiger partial charge on any atom is -0.360 e. The Balaban J connectivity index is 1.99. The summed E-state index contributed by atoms with van der Waals surface area (Å²) < 4.78 is 1.11. The number of fused-ring (bicyclic) bond motifs is 1. The monoisotopic (exact) mass is 317 g/mol. The first-order valence-electron chi connectivity index (χ1n) is 5.73. The first kappa shape index (κ1) is 11.9. The first-order chi connectivity index (χ1) is 8.72. The molecule has 18 heavy (non-hydrogen) atoms. The van der Waals surface area contributed by atoms with Crippen LogP contribution in [0.15, 0.2) is 62.9 Å². The highest BCUT2D eigenvalue weighted by atomic mass is 79.9. The molecule has 1 N–H and O–H groups in total. The summed E-state index contributed by atoms with van der Waals surface area (Å²) in [5, 5.41) is 1.26. The van der Waals surface area contributed by atoms with Gasteiger partial charge in [0.25, 0.3) is 0 Å². The number of rotatable bonds is 2. The quantitative estimate of drug-likeness (QED) is 0.670. The lowest BCUT2D eigenvalue weighted by Crippen LogP contribution is -1.74. The Morgan fingerprint density at radius 1 is 1.06 bits per heavy atom. The summed E-state index contributed by atoms with van der Waals surface area (Å²) in [5.41, 5.74) is 2.47. The largest absolute Gasteiger partial charge is 0.360 e. The van der Waals surface area contributed by atoms with Gasteiger partial charge in [0.1, 0.15) is 0 Å². The van der Waals surface area contributed by atoms with E-state index in [2.05, 4.69) is 76.5 Å². The van der Waals surface area contributed by atoms with E-state index in [1.807, 2.05) is 0 Å². The number of halogens is 1. The van der Waals surface area contributed by atoms with Crippen molar-refractivity contribution in [1.29, 1.82) is 0 Å². The predicted octanol–water partition coefficient (Wildman–Crippen LogP) is 5.39. The SMILES string of the molecule is Cc1ccc(Sc2c[nH]c3ccc(Br)cc23)cc1. The molecule has 90 valence electrons. The predicted molar refractivity (Wildman–Crippen MR) is 81.3 cm³/mol. The van der Waals surface area contributed by atoms with Gasteiger partial charge in [0.15, 0.2) is 0 Å². The van der Waals surface area contributed by atoms with E-state index in [0.29, 0.717) is 0 Å². The Hall–Kier alpha value is -1.19. The maximum absolute atomic E-state index is 3.52. The lowest BCUT2D eigenvalue weighted by Gasteiger charge is -2.01. The zero-order valence-electron chi connectivity index (χ0n) is 9.91. The molecule has 0 bridgehead atoms. The van der Waals surface area contributed by atoms with Crippen LogP contribution in [0, 0.1) is 6.92 Å². The number of aryl methyl sites for hydroxylation is 1. The second kappa shape index (κ2) is 4.82. The van der Waals surface area contributed by atoms with Crippen molar-refractivity contribution in [3.63, 3.8) is 0 Å². The fourth-order valence-corrected chi connectivity index (χ4v) is 3.17. The van der Waals surface area contributed by atoms with Crippen molar-refractivity contribution in [2.24, 2.45) is 0 Å². The van der Waals surface area contributed by atoms with Crippen LogP contribution in [0.3, 0.4) is 0 Å². The van der Waals surface area contributed by atoms with Crippen LogP contribution in [0.25, 0.3) is 10.9 Å². The molecule has 0 radical (unpaired) electrons. The number of H-pyrrole nitrogens is 1. The third-order valence-electron chi connectivity index (χ3n) is 2.85. The van der Waals surface area contributed by atoms with Gasteiger partial charge in [-0.05, 0) is 37.3 Å². The number of aromatic amines is 1. The molecule has 0 amide bonds. The third kappa shape index (κ3) is 2.33. The van der Waals surface area contributed by atoms with Gasteiger partial charge < -0.3 is 4.98 Å². The average Bonchev–Trinajstić information content (AvgIpc) is 2.75. The molecule has 3 rings (SSSR count). The molecule has 0 spiro atoms. The van der Waals surface area contributed by atoms with Crippen LogP contribution in [0.4, 0.5) is 0 Å². The van der Waals surface area contributed by atoms with Gasteiger partial charge in [0, 0.05) is 31.4 Å². The minimum absolute atomic E-state index is 1.11. The number of hydrogen-bond donors (Lipinski definition) is 1. The molecule has 1 aromatic heterocycles. The van der Waals surface area contributed by atoms with Gasteiger partial charge in [0.2, 0.25) is 0 Å². The minimum atomic E-state index is 1.11. The van der Waals surface area contributed by atoms with Gasteiger partial charge in [-0.2, -0.15) is 0 Å². The Morgan fingerprint density at radius 2 is 1.83 bits per heavy atom. The normalized spacial score (nSPS) is 11.0. The van der Waals surface area contributed by atoms with Gasteiger partial charge in [0.05, 0.1) is 0 Å². The van der Waals surface area contributed by atoms with E-state index in [-0.39, 0.29) is 0 Å². The van der Waals surface area contributed by atoms with Gasteiger partial charge in [-0.1, -0.05) is 45.4 Å². The van der Waals surface area contributed by atoms with Crippen LogP contribution in [0.5, 0.6) is 0 Å². The Labute approximate surface area is 119 Å². The molecule has 1 heterocycles. The van der Waals surface area contributed by atoms with Crippen molar-refractivity contribution in [3.05, 3.63) is 58.7 Å². The molecular weight excluding hydrogens is 306 g/mol. The van der Waals surface area contributed by atoms with Crippen molar-refractivity contribution in [2.75, 3.05) is 0 Å². The zero-order chi connectivity index (χ0) is 12.5. The lowest BCUT2D eigenvalue weighted by atomic mass is 10.2. The van der Waals surface area contributed by atoms with Crippen LogP contribution >= 0.6 is 27.7 Å². The molecule has 0 saturated heterocycles. The van der Waals surface area contributed by atoms with Crippen LogP contribution in [-0.2, 0) is 0 Å². The molecule has 0 unspecified atom stereocenters. The van der Waals surface area contributed by atoms with Crippen molar-refractivity contribution < 1.29 is 0 Å². The first-order valence-corrected chi connectivity index (χ1v) is 7.34. The number of hydrogen-bond acceptors (Lipinski definition) is 1. The molecule has 0 saturated carbocycles. The highest BCUT2D eigenvalue weighted by Gasteiger charge is 2.05. The standard InChI is InChI=1S/C15H12BrNS/c1-10-2-5-12(6-3-10)18-15-9-17-14-7-4-11(16)8-13(14)15/h2-9,17H,1H3. The van der Waals surface area contributed by atoms with Crippen LogP contribution in [0.2, 0.25) is 0 Å². The van der Waals surface area contributed by atoms with Gasteiger partial charge in [-0.3, -0.25) is 0 Å². The van der Waals surface area contributed by atoms with Gasteiger partial charge in [-0.25, -0.2) is 0 Å². The number of aromatic nitrogens is 1. The molecule has 3 aromatic rings. The number of nitrogens with one attached hydrogen (secondary N) is 1. The number of benzene rings is 2. The van der Waals surface area contributed by atoms with E-state index in [1.54, 1.807) is 11.8 Å². The summed E-state index contributed by atoms with van der Waals surface area (Å²) in [6, 6.07) is 14.9. The molecular formula is C15H12BrNS. The van der Waals surface area contributed by atoms with Crippen molar-refractivity contribution >= 4 is 38.6 Å². The van der Waals surface area contributed by atoms with E-state index >= 15 is 0 Å². The molecule has 0 atom stereocenters. The Kier molecular flexibility index (Phi) is 3.18. The molecule has 0 aliphatic heterocycles. The highest BCUT2D eigenvalue weighted by Crippen LogP contribution is 2.34. The topological polar surface area (TPSA) is 15.8 Å². The van der Waals surface area contributed by atoms with Crippen molar-refractivity contribution in [2.45, 2.75) is 16.7 Å². The lowest BCUT2D eigenvalue weighted by molar-refractivity contribution is 1.36. The van der Waals surface area contributed by atoms with E-state index in [4.69, 9.17) is 0 Å². The maximum atomic E-state index is 3.52. The average molecular weight is 318 g/mol. The summed E-state index contributed by atoms with van der Waals surface area (Å²) in [6.45, 7) is 2.11. The van der Waals surface area contributed by atoms with Gasteiger partial charge in [-0.15, -0.1) is 0 Å². The van der Waals surface area contributed by atoms with E-state index in [0.717, 1.165) is 4.47 Å². The molecule has 0 aliphatic rings. The van der Waals surface area contributed by atoms with Crippen molar-refractivity contribution in [3.8, 4) is 0 Å². The summed E-state index contributed by atoms with van der Waals surface area (Å²) in [4.78, 5) is 5.83. The summed E-state index contributed by atoms with van der Waals surface area (Å²) in [7, 11) is 0. The van der Waals surface area contributed by atoms with Crippen molar-refractivity contribution in [1.82, 2.24) is 4.98 Å². The molecule has 2 aromatic carbocycles. The molecule has 0 fully saturated rings.